The van der Waals surface area contributed by atoms with Crippen molar-refractivity contribution in [3.05, 3.63) is 23.0 Å². The number of fused-ring (bicyclic) bond motifs is 2. The summed E-state index contributed by atoms with van der Waals surface area (Å²) in [7, 11) is 0. The van der Waals surface area contributed by atoms with E-state index in [1.807, 2.05) is 12.3 Å². The summed E-state index contributed by atoms with van der Waals surface area (Å²) >= 11 is 5.92. The predicted molar refractivity (Wildman–Crippen MR) is 69.3 cm³/mol. The van der Waals surface area contributed by atoms with Gasteiger partial charge in [0.05, 0.1) is 17.4 Å². The molecule has 3 heterocycles. The first-order valence-corrected chi connectivity index (χ1v) is 6.27. The van der Waals surface area contributed by atoms with Crippen LogP contribution in [-0.4, -0.2) is 30.2 Å². The monoisotopic (exact) mass is 247 g/mol. The van der Waals surface area contributed by atoms with Crippen LogP contribution in [0.2, 0.25) is 5.15 Å². The van der Waals surface area contributed by atoms with E-state index in [1.54, 1.807) is 0 Å². The average Bonchev–Trinajstić information content (AvgIpc) is 2.69. The number of anilines is 1. The molecule has 2 unspecified atom stereocenters. The molecule has 0 aromatic carbocycles. The van der Waals surface area contributed by atoms with E-state index in [0.29, 0.717) is 22.8 Å². The molecular weight excluding hydrogens is 234 g/mol. The van der Waals surface area contributed by atoms with Gasteiger partial charge in [0.2, 0.25) is 0 Å². The molecule has 88 valence electrons. The summed E-state index contributed by atoms with van der Waals surface area (Å²) < 4.78 is 0. The molecule has 2 saturated heterocycles. The molecule has 17 heavy (non-hydrogen) atoms. The van der Waals surface area contributed by atoms with Gasteiger partial charge in [0.25, 0.3) is 0 Å². The molecule has 1 aromatic rings. The number of piperazine rings is 1. The number of hydrogen-bond donors (Lipinski definition) is 1. The van der Waals surface area contributed by atoms with Gasteiger partial charge < -0.3 is 10.2 Å². The van der Waals surface area contributed by atoms with Crippen LogP contribution < -0.4 is 10.2 Å². The van der Waals surface area contributed by atoms with Crippen molar-refractivity contribution in [2.45, 2.75) is 24.9 Å². The minimum atomic E-state index is 0.411. The molecule has 0 saturated carbocycles. The summed E-state index contributed by atoms with van der Waals surface area (Å²) in [5.74, 6) is 2.58. The van der Waals surface area contributed by atoms with Crippen LogP contribution in [0.1, 0.15) is 18.4 Å². The fraction of sp³-hybridized carbons (Fsp3) is 0.462. The molecule has 2 atom stereocenters. The van der Waals surface area contributed by atoms with Crippen LogP contribution in [0.15, 0.2) is 12.3 Å². The smallest absolute Gasteiger partial charge is 0.144 e. The van der Waals surface area contributed by atoms with Crippen LogP contribution in [0, 0.1) is 12.3 Å². The Morgan fingerprint density at radius 3 is 2.76 bits per heavy atom. The lowest BCUT2D eigenvalue weighted by Gasteiger charge is -2.34. The molecule has 2 aliphatic heterocycles. The van der Waals surface area contributed by atoms with Crippen molar-refractivity contribution in [1.29, 1.82) is 0 Å². The number of pyridine rings is 1. The second kappa shape index (κ2) is 4.21. The van der Waals surface area contributed by atoms with Crippen molar-refractivity contribution >= 4 is 17.3 Å². The molecule has 0 spiro atoms. The summed E-state index contributed by atoms with van der Waals surface area (Å²) in [5, 5.41) is 4.01. The molecule has 2 aliphatic rings. The number of hydrogen-bond acceptors (Lipinski definition) is 3. The average molecular weight is 248 g/mol. The number of halogens is 1. The zero-order chi connectivity index (χ0) is 11.8. The summed E-state index contributed by atoms with van der Waals surface area (Å²) in [6, 6.07) is 3.18. The number of rotatable bonds is 1. The highest BCUT2D eigenvalue weighted by Gasteiger charge is 2.32. The van der Waals surface area contributed by atoms with E-state index in [9.17, 15) is 0 Å². The highest BCUT2D eigenvalue weighted by atomic mass is 35.5. The van der Waals surface area contributed by atoms with Crippen LogP contribution in [0.3, 0.4) is 0 Å². The fourth-order valence-electron chi connectivity index (χ4n) is 2.72. The van der Waals surface area contributed by atoms with Gasteiger partial charge in [0, 0.05) is 25.2 Å². The minimum absolute atomic E-state index is 0.411. The van der Waals surface area contributed by atoms with E-state index < -0.39 is 0 Å². The summed E-state index contributed by atoms with van der Waals surface area (Å²) in [6.45, 7) is 2.06. The lowest BCUT2D eigenvalue weighted by Crippen LogP contribution is -2.51. The third-order valence-corrected chi connectivity index (χ3v) is 3.86. The summed E-state index contributed by atoms with van der Waals surface area (Å²) in [5.41, 5.74) is 1.76. The van der Waals surface area contributed by atoms with E-state index in [-0.39, 0.29) is 0 Å². The molecular formula is C13H14ClN3. The molecule has 2 bridgehead atoms. The second-order valence-electron chi connectivity index (χ2n) is 4.72. The predicted octanol–water partition coefficient (Wildman–Crippen LogP) is 1.66. The lowest BCUT2D eigenvalue weighted by atomic mass is 10.2. The maximum atomic E-state index is 5.92. The van der Waals surface area contributed by atoms with E-state index in [1.165, 1.54) is 12.8 Å². The molecule has 0 amide bonds. The Hall–Kier alpha value is -1.24. The van der Waals surface area contributed by atoms with Crippen LogP contribution >= 0.6 is 11.6 Å². The Morgan fingerprint density at radius 2 is 2.12 bits per heavy atom. The summed E-state index contributed by atoms with van der Waals surface area (Å²) in [6.07, 6.45) is 9.76. The van der Waals surface area contributed by atoms with Gasteiger partial charge >= 0.3 is 0 Å². The molecule has 0 aliphatic carbocycles. The van der Waals surface area contributed by atoms with E-state index >= 15 is 0 Å². The van der Waals surface area contributed by atoms with Gasteiger partial charge in [-0.25, -0.2) is 4.98 Å². The minimum Gasteiger partial charge on any atom is -0.367 e. The van der Waals surface area contributed by atoms with Crippen molar-refractivity contribution in [3.8, 4) is 12.3 Å². The third-order valence-electron chi connectivity index (χ3n) is 3.56. The Balaban J connectivity index is 1.87. The Labute approximate surface area is 106 Å². The first-order chi connectivity index (χ1) is 8.26. The standard InChI is InChI=1S/C13H14ClN3/c1-2-9-5-12(6-15-13(9)14)17-7-10-3-4-11(8-17)16-10/h1,5-6,10-11,16H,3-4,7-8H2. The van der Waals surface area contributed by atoms with Crippen molar-refractivity contribution in [2.75, 3.05) is 18.0 Å². The highest BCUT2D eigenvalue weighted by molar-refractivity contribution is 6.30. The number of terminal acetylenes is 1. The van der Waals surface area contributed by atoms with Gasteiger partial charge in [-0.05, 0) is 18.9 Å². The normalized spacial score (nSPS) is 26.9. The van der Waals surface area contributed by atoms with E-state index in [4.69, 9.17) is 18.0 Å². The first-order valence-electron chi connectivity index (χ1n) is 5.89. The molecule has 1 N–H and O–H groups in total. The largest absolute Gasteiger partial charge is 0.367 e. The Morgan fingerprint density at radius 1 is 1.41 bits per heavy atom. The van der Waals surface area contributed by atoms with Crippen molar-refractivity contribution in [3.63, 3.8) is 0 Å². The van der Waals surface area contributed by atoms with Gasteiger partial charge in [0.1, 0.15) is 5.15 Å². The highest BCUT2D eigenvalue weighted by Crippen LogP contribution is 2.26. The maximum absolute atomic E-state index is 5.92. The van der Waals surface area contributed by atoms with Gasteiger partial charge in [0.15, 0.2) is 0 Å². The van der Waals surface area contributed by atoms with Crippen molar-refractivity contribution in [2.24, 2.45) is 0 Å². The van der Waals surface area contributed by atoms with Crippen LogP contribution in [0.4, 0.5) is 5.69 Å². The fourth-order valence-corrected chi connectivity index (χ4v) is 2.88. The van der Waals surface area contributed by atoms with Gasteiger partial charge in [-0.2, -0.15) is 0 Å². The van der Waals surface area contributed by atoms with Crippen molar-refractivity contribution in [1.82, 2.24) is 10.3 Å². The Kier molecular flexibility index (Phi) is 2.70. The summed E-state index contributed by atoms with van der Waals surface area (Å²) in [4.78, 5) is 6.51. The molecule has 0 radical (unpaired) electrons. The van der Waals surface area contributed by atoms with E-state index in [0.717, 1.165) is 18.8 Å². The molecule has 1 aromatic heterocycles. The third kappa shape index (κ3) is 1.99. The maximum Gasteiger partial charge on any atom is 0.144 e. The molecule has 3 nitrogen and oxygen atoms in total. The van der Waals surface area contributed by atoms with E-state index in [2.05, 4.69) is 21.1 Å². The second-order valence-corrected chi connectivity index (χ2v) is 5.08. The Bertz CT molecular complexity index is 468. The lowest BCUT2D eigenvalue weighted by molar-refractivity contribution is 0.465. The number of nitrogens with zero attached hydrogens (tertiary/aromatic N) is 2. The van der Waals surface area contributed by atoms with Gasteiger partial charge in [-0.15, -0.1) is 6.42 Å². The van der Waals surface area contributed by atoms with Crippen LogP contribution in [0.25, 0.3) is 0 Å². The number of nitrogens with one attached hydrogen (secondary N) is 1. The van der Waals surface area contributed by atoms with Gasteiger partial charge in [-0.3, -0.25) is 0 Å². The van der Waals surface area contributed by atoms with Gasteiger partial charge in [-0.1, -0.05) is 17.5 Å². The van der Waals surface area contributed by atoms with Crippen LogP contribution in [0.5, 0.6) is 0 Å². The first kappa shape index (κ1) is 10.9. The molecule has 4 heteroatoms. The molecule has 2 fully saturated rings. The zero-order valence-electron chi connectivity index (χ0n) is 9.49. The number of aromatic nitrogens is 1. The van der Waals surface area contributed by atoms with Crippen LogP contribution in [-0.2, 0) is 0 Å². The quantitative estimate of drug-likeness (QED) is 0.604. The SMILES string of the molecule is C#Cc1cc(N2CC3CCC(C2)N3)cnc1Cl. The molecule has 3 rings (SSSR count). The van der Waals surface area contributed by atoms with Crippen molar-refractivity contribution < 1.29 is 0 Å². The topological polar surface area (TPSA) is 28.2 Å². The zero-order valence-corrected chi connectivity index (χ0v) is 10.2.